The van der Waals surface area contributed by atoms with Crippen molar-refractivity contribution in [1.82, 2.24) is 0 Å². The maximum atomic E-state index is 13.4. The Morgan fingerprint density at radius 1 is 0.818 bits per heavy atom. The van der Waals surface area contributed by atoms with Gasteiger partial charge in [-0.1, -0.05) is 18.2 Å². The van der Waals surface area contributed by atoms with Crippen molar-refractivity contribution in [1.29, 1.82) is 0 Å². The van der Waals surface area contributed by atoms with Gasteiger partial charge in [-0.05, 0) is 30.7 Å². The van der Waals surface area contributed by atoms with Crippen LogP contribution in [0.2, 0.25) is 0 Å². The first-order chi connectivity index (χ1) is 10.4. The zero-order valence-corrected chi connectivity index (χ0v) is 11.4. The Hall–Kier alpha value is -2.83. The highest BCUT2D eigenvalue weighted by atomic mass is 19.2. The Balaban J connectivity index is 2.11. The van der Waals surface area contributed by atoms with Gasteiger partial charge in [-0.2, -0.15) is 0 Å². The molecule has 0 atom stereocenters. The minimum atomic E-state index is -1.72. The van der Waals surface area contributed by atoms with E-state index in [4.69, 9.17) is 0 Å². The molecular weight excluding hydrogens is 297 g/mol. The van der Waals surface area contributed by atoms with Crippen molar-refractivity contribution in [3.05, 3.63) is 59.4 Å². The minimum Gasteiger partial charge on any atom is -0.318 e. The van der Waals surface area contributed by atoms with Gasteiger partial charge in [0.25, 0.3) is 0 Å². The lowest BCUT2D eigenvalue weighted by atomic mass is 10.2. The van der Waals surface area contributed by atoms with Crippen LogP contribution in [-0.4, -0.2) is 11.8 Å². The number of anilines is 2. The molecule has 114 valence electrons. The number of rotatable bonds is 2. The molecule has 2 aromatic rings. The maximum absolute atomic E-state index is 13.4. The Labute approximate surface area is 124 Å². The largest absolute Gasteiger partial charge is 0.318 e. The van der Waals surface area contributed by atoms with Crippen molar-refractivity contribution in [2.24, 2.45) is 0 Å². The van der Waals surface area contributed by atoms with Crippen LogP contribution in [0, 0.1) is 24.4 Å². The van der Waals surface area contributed by atoms with Crippen LogP contribution in [0.3, 0.4) is 0 Å². The van der Waals surface area contributed by atoms with Gasteiger partial charge in [-0.15, -0.1) is 0 Å². The average molecular weight is 308 g/mol. The highest BCUT2D eigenvalue weighted by Gasteiger charge is 2.19. The van der Waals surface area contributed by atoms with Crippen LogP contribution in [0.5, 0.6) is 0 Å². The molecule has 0 radical (unpaired) electrons. The Morgan fingerprint density at radius 2 is 1.41 bits per heavy atom. The van der Waals surface area contributed by atoms with Crippen LogP contribution in [0.4, 0.5) is 24.5 Å². The standard InChI is InChI=1S/C15H11F3N2O2/c1-8-4-2-3-5-10(8)19-14(21)15(22)20-11-7-6-9(16)12(17)13(11)18/h2-7H,1H3,(H,19,21)(H,20,22). The molecule has 0 saturated heterocycles. The van der Waals surface area contributed by atoms with Crippen molar-refractivity contribution < 1.29 is 22.8 Å². The van der Waals surface area contributed by atoms with E-state index < -0.39 is 35.0 Å². The van der Waals surface area contributed by atoms with Gasteiger partial charge in [-0.3, -0.25) is 9.59 Å². The first-order valence-electron chi connectivity index (χ1n) is 6.21. The molecule has 0 aliphatic rings. The third kappa shape index (κ3) is 3.25. The molecular formula is C15H11F3N2O2. The Kier molecular flexibility index (Phi) is 4.45. The second-order valence-electron chi connectivity index (χ2n) is 4.45. The highest BCUT2D eigenvalue weighted by Crippen LogP contribution is 2.19. The summed E-state index contributed by atoms with van der Waals surface area (Å²) in [6.45, 7) is 1.72. The van der Waals surface area contributed by atoms with E-state index in [2.05, 4.69) is 5.32 Å². The molecule has 0 aliphatic carbocycles. The van der Waals surface area contributed by atoms with Gasteiger partial charge in [-0.25, -0.2) is 13.2 Å². The van der Waals surface area contributed by atoms with Gasteiger partial charge in [0.2, 0.25) is 0 Å². The van der Waals surface area contributed by atoms with Crippen molar-refractivity contribution in [3.63, 3.8) is 0 Å². The van der Waals surface area contributed by atoms with E-state index in [0.29, 0.717) is 11.8 Å². The fourth-order valence-electron chi connectivity index (χ4n) is 1.69. The molecule has 0 bridgehead atoms. The van der Waals surface area contributed by atoms with E-state index in [9.17, 15) is 22.8 Å². The lowest BCUT2D eigenvalue weighted by Gasteiger charge is -2.09. The summed E-state index contributed by atoms with van der Waals surface area (Å²) in [7, 11) is 0. The Bertz CT molecular complexity index is 748. The first kappa shape index (κ1) is 15.6. The quantitative estimate of drug-likeness (QED) is 0.662. The third-order valence-corrected chi connectivity index (χ3v) is 2.88. The van der Waals surface area contributed by atoms with Gasteiger partial charge in [0.05, 0.1) is 5.69 Å². The van der Waals surface area contributed by atoms with Crippen LogP contribution >= 0.6 is 0 Å². The highest BCUT2D eigenvalue weighted by molar-refractivity contribution is 6.43. The van der Waals surface area contributed by atoms with Crippen LogP contribution in [0.15, 0.2) is 36.4 Å². The van der Waals surface area contributed by atoms with Crippen molar-refractivity contribution >= 4 is 23.2 Å². The van der Waals surface area contributed by atoms with Crippen LogP contribution < -0.4 is 10.6 Å². The zero-order chi connectivity index (χ0) is 16.3. The predicted octanol–water partition coefficient (Wildman–Crippen LogP) is 2.99. The number of benzene rings is 2. The number of hydrogen-bond acceptors (Lipinski definition) is 2. The molecule has 2 N–H and O–H groups in total. The summed E-state index contributed by atoms with van der Waals surface area (Å²) < 4.78 is 39.2. The average Bonchev–Trinajstić information content (AvgIpc) is 2.50. The number of amides is 2. The molecule has 22 heavy (non-hydrogen) atoms. The van der Waals surface area contributed by atoms with Gasteiger partial charge < -0.3 is 10.6 Å². The molecule has 0 unspecified atom stereocenters. The van der Waals surface area contributed by atoms with Gasteiger partial charge >= 0.3 is 11.8 Å². The minimum absolute atomic E-state index is 0.411. The van der Waals surface area contributed by atoms with Crippen molar-refractivity contribution in [2.75, 3.05) is 10.6 Å². The third-order valence-electron chi connectivity index (χ3n) is 2.88. The van der Waals surface area contributed by atoms with Crippen LogP contribution in [0.25, 0.3) is 0 Å². The second-order valence-corrected chi connectivity index (χ2v) is 4.45. The number of aryl methyl sites for hydroxylation is 1. The number of halogens is 3. The number of nitrogens with one attached hydrogen (secondary N) is 2. The molecule has 0 saturated carbocycles. The number of hydrogen-bond donors (Lipinski definition) is 2. The van der Waals surface area contributed by atoms with Gasteiger partial charge in [0.1, 0.15) is 0 Å². The monoisotopic (exact) mass is 308 g/mol. The number of carbonyl (C=O) groups is 2. The lowest BCUT2D eigenvalue weighted by Crippen LogP contribution is -2.29. The molecule has 0 spiro atoms. The molecule has 0 aromatic heterocycles. The van der Waals surface area contributed by atoms with Crippen LogP contribution in [-0.2, 0) is 9.59 Å². The van der Waals surface area contributed by atoms with E-state index in [-0.39, 0.29) is 0 Å². The second kappa shape index (κ2) is 6.30. The summed E-state index contributed by atoms with van der Waals surface area (Å²) in [5.41, 5.74) is 0.514. The zero-order valence-electron chi connectivity index (χ0n) is 11.4. The fraction of sp³-hybridized carbons (Fsp3) is 0.0667. The van der Waals surface area contributed by atoms with E-state index in [0.717, 1.165) is 11.6 Å². The summed E-state index contributed by atoms with van der Waals surface area (Å²) >= 11 is 0. The molecule has 2 rings (SSSR count). The molecule has 7 heteroatoms. The molecule has 0 fully saturated rings. The number of para-hydroxylation sites is 1. The normalized spacial score (nSPS) is 10.2. The first-order valence-corrected chi connectivity index (χ1v) is 6.21. The SMILES string of the molecule is Cc1ccccc1NC(=O)C(=O)Nc1ccc(F)c(F)c1F. The topological polar surface area (TPSA) is 58.2 Å². The predicted molar refractivity (Wildman–Crippen MR) is 74.8 cm³/mol. The smallest absolute Gasteiger partial charge is 0.314 e. The van der Waals surface area contributed by atoms with Crippen molar-refractivity contribution in [3.8, 4) is 0 Å². The van der Waals surface area contributed by atoms with E-state index in [1.165, 1.54) is 0 Å². The maximum Gasteiger partial charge on any atom is 0.314 e. The van der Waals surface area contributed by atoms with Crippen molar-refractivity contribution in [2.45, 2.75) is 6.92 Å². The summed E-state index contributed by atoms with van der Waals surface area (Å²) in [5, 5.41) is 4.22. The van der Waals surface area contributed by atoms with E-state index in [1.54, 1.807) is 31.2 Å². The number of carbonyl (C=O) groups excluding carboxylic acids is 2. The van der Waals surface area contributed by atoms with E-state index in [1.807, 2.05) is 5.32 Å². The summed E-state index contributed by atoms with van der Waals surface area (Å²) in [6.07, 6.45) is 0. The summed E-state index contributed by atoms with van der Waals surface area (Å²) in [6, 6.07) is 8.19. The molecule has 2 amide bonds. The molecule has 0 aliphatic heterocycles. The summed E-state index contributed by atoms with van der Waals surface area (Å²) in [5.74, 6) is -6.94. The van der Waals surface area contributed by atoms with Gasteiger partial charge in [0, 0.05) is 5.69 Å². The Morgan fingerprint density at radius 3 is 2.05 bits per heavy atom. The molecule has 0 heterocycles. The van der Waals surface area contributed by atoms with Crippen LogP contribution in [0.1, 0.15) is 5.56 Å². The van der Waals surface area contributed by atoms with Gasteiger partial charge in [0.15, 0.2) is 17.5 Å². The fourth-order valence-corrected chi connectivity index (χ4v) is 1.69. The summed E-state index contributed by atoms with van der Waals surface area (Å²) in [4.78, 5) is 23.4. The van der Waals surface area contributed by atoms with E-state index >= 15 is 0 Å². The lowest BCUT2D eigenvalue weighted by molar-refractivity contribution is -0.133. The molecule has 4 nitrogen and oxygen atoms in total. The molecule has 2 aromatic carbocycles.